The van der Waals surface area contributed by atoms with Crippen molar-refractivity contribution < 1.29 is 0 Å². The van der Waals surface area contributed by atoms with E-state index in [2.05, 4.69) is 73.1 Å². The van der Waals surface area contributed by atoms with E-state index in [1.54, 1.807) is 0 Å². The minimum absolute atomic E-state index is 0.433. The molecule has 0 radical (unpaired) electrons. The quantitative estimate of drug-likeness (QED) is 0.810. The summed E-state index contributed by atoms with van der Waals surface area (Å²) in [5, 5.41) is 3.46. The first-order chi connectivity index (χ1) is 10.3. The highest BCUT2D eigenvalue weighted by Crippen LogP contribution is 2.16. The third-order valence-electron chi connectivity index (χ3n) is 3.71. The third kappa shape index (κ3) is 4.38. The highest BCUT2D eigenvalue weighted by molar-refractivity contribution is 14.1. The van der Waals surface area contributed by atoms with Crippen LogP contribution in [0, 0.1) is 3.57 Å². The number of likely N-dealkylation sites (tertiary alicyclic amines) is 1. The number of anilines is 1. The molecular formula is C16H19IN4. The summed E-state index contributed by atoms with van der Waals surface area (Å²) in [6.07, 6.45) is 6.09. The van der Waals surface area contributed by atoms with E-state index in [4.69, 9.17) is 0 Å². The lowest BCUT2D eigenvalue weighted by Gasteiger charge is -2.33. The Bertz CT molecular complexity index is 558. The van der Waals surface area contributed by atoms with E-state index in [1.165, 1.54) is 24.9 Å². The van der Waals surface area contributed by atoms with E-state index in [-0.39, 0.29) is 0 Å². The fourth-order valence-corrected chi connectivity index (χ4v) is 3.01. The molecule has 1 aliphatic rings. The van der Waals surface area contributed by atoms with Crippen molar-refractivity contribution in [3.8, 4) is 0 Å². The van der Waals surface area contributed by atoms with Gasteiger partial charge in [-0.3, -0.25) is 4.90 Å². The molecule has 110 valence electrons. The molecule has 0 aliphatic carbocycles. The second-order valence-corrected chi connectivity index (χ2v) is 6.67. The van der Waals surface area contributed by atoms with Gasteiger partial charge in [0, 0.05) is 35.1 Å². The van der Waals surface area contributed by atoms with E-state index in [0.717, 1.165) is 22.6 Å². The van der Waals surface area contributed by atoms with Crippen LogP contribution >= 0.6 is 22.6 Å². The molecule has 1 fully saturated rings. The number of hydrogen-bond donors (Lipinski definition) is 1. The molecule has 0 amide bonds. The predicted octanol–water partition coefficient (Wildman–Crippen LogP) is 3.16. The minimum Gasteiger partial charge on any atom is -0.350 e. The second kappa shape index (κ2) is 7.17. The number of halogens is 1. The summed E-state index contributed by atoms with van der Waals surface area (Å²) in [4.78, 5) is 11.2. The van der Waals surface area contributed by atoms with Crippen molar-refractivity contribution in [3.05, 3.63) is 51.9 Å². The molecular weight excluding hydrogens is 375 g/mol. The zero-order chi connectivity index (χ0) is 14.5. The summed E-state index contributed by atoms with van der Waals surface area (Å²) in [5.41, 5.74) is 1.38. The highest BCUT2D eigenvalue weighted by atomic mass is 127. The lowest BCUT2D eigenvalue weighted by molar-refractivity contribution is 0.208. The standard InChI is InChI=1S/C16H19IN4/c17-14-9-18-16(19-10-14)20-15-7-4-8-21(12-15)11-13-5-2-1-3-6-13/h1-3,5-6,9-10,15H,4,7-8,11-12H2,(H,18,19,20). The zero-order valence-corrected chi connectivity index (χ0v) is 14.0. The van der Waals surface area contributed by atoms with Gasteiger partial charge in [-0.25, -0.2) is 9.97 Å². The summed E-state index contributed by atoms with van der Waals surface area (Å²) < 4.78 is 1.06. The largest absolute Gasteiger partial charge is 0.350 e. The van der Waals surface area contributed by atoms with Gasteiger partial charge in [-0.05, 0) is 47.5 Å². The number of hydrogen-bond acceptors (Lipinski definition) is 4. The van der Waals surface area contributed by atoms with E-state index in [9.17, 15) is 0 Å². The molecule has 1 aliphatic heterocycles. The Balaban J connectivity index is 1.57. The van der Waals surface area contributed by atoms with Crippen LogP contribution in [0.1, 0.15) is 18.4 Å². The van der Waals surface area contributed by atoms with Crippen molar-refractivity contribution in [2.45, 2.75) is 25.4 Å². The van der Waals surface area contributed by atoms with E-state index in [1.807, 2.05) is 12.4 Å². The molecule has 1 N–H and O–H groups in total. The van der Waals surface area contributed by atoms with Crippen LogP contribution in [0.4, 0.5) is 5.95 Å². The van der Waals surface area contributed by atoms with Crippen molar-refractivity contribution in [2.24, 2.45) is 0 Å². The van der Waals surface area contributed by atoms with Crippen LogP contribution < -0.4 is 5.32 Å². The average Bonchev–Trinajstić information content (AvgIpc) is 2.51. The highest BCUT2D eigenvalue weighted by Gasteiger charge is 2.20. The Labute approximate surface area is 139 Å². The normalized spacial score (nSPS) is 19.4. The molecule has 0 bridgehead atoms. The van der Waals surface area contributed by atoms with E-state index < -0.39 is 0 Å². The SMILES string of the molecule is Ic1cnc(NC2CCCN(Cc3ccccc3)C2)nc1. The molecule has 1 aromatic carbocycles. The van der Waals surface area contributed by atoms with Gasteiger partial charge in [0.1, 0.15) is 0 Å². The molecule has 2 aromatic rings. The molecule has 1 atom stereocenters. The first-order valence-corrected chi connectivity index (χ1v) is 8.38. The molecule has 2 heterocycles. The minimum atomic E-state index is 0.433. The Hall–Kier alpha value is -1.21. The Morgan fingerprint density at radius 3 is 2.71 bits per heavy atom. The summed E-state index contributed by atoms with van der Waals surface area (Å²) in [5.74, 6) is 0.738. The number of nitrogens with one attached hydrogen (secondary N) is 1. The molecule has 3 rings (SSSR count). The van der Waals surface area contributed by atoms with Crippen LogP contribution in [0.25, 0.3) is 0 Å². The summed E-state index contributed by atoms with van der Waals surface area (Å²) in [7, 11) is 0. The van der Waals surface area contributed by atoms with Gasteiger partial charge in [-0.15, -0.1) is 0 Å². The van der Waals surface area contributed by atoms with Crippen LogP contribution in [-0.4, -0.2) is 34.0 Å². The zero-order valence-electron chi connectivity index (χ0n) is 11.9. The number of piperidine rings is 1. The second-order valence-electron chi connectivity index (χ2n) is 5.43. The Morgan fingerprint density at radius 1 is 1.19 bits per heavy atom. The fraction of sp³-hybridized carbons (Fsp3) is 0.375. The average molecular weight is 394 g/mol. The Morgan fingerprint density at radius 2 is 1.95 bits per heavy atom. The molecule has 0 saturated carbocycles. The molecule has 0 spiro atoms. The third-order valence-corrected chi connectivity index (χ3v) is 4.27. The first kappa shape index (κ1) is 14.7. The number of nitrogens with zero attached hydrogens (tertiary/aromatic N) is 3. The van der Waals surface area contributed by atoms with Gasteiger partial charge in [-0.2, -0.15) is 0 Å². The molecule has 4 nitrogen and oxygen atoms in total. The van der Waals surface area contributed by atoms with E-state index in [0.29, 0.717) is 6.04 Å². The van der Waals surface area contributed by atoms with Crippen LogP contribution in [0.5, 0.6) is 0 Å². The maximum absolute atomic E-state index is 4.33. The van der Waals surface area contributed by atoms with Crippen molar-refractivity contribution in [1.82, 2.24) is 14.9 Å². The van der Waals surface area contributed by atoms with Gasteiger partial charge >= 0.3 is 0 Å². The molecule has 1 unspecified atom stereocenters. The number of rotatable bonds is 4. The van der Waals surface area contributed by atoms with Crippen LogP contribution in [0.15, 0.2) is 42.7 Å². The van der Waals surface area contributed by atoms with Gasteiger partial charge in [-0.1, -0.05) is 30.3 Å². The maximum Gasteiger partial charge on any atom is 0.222 e. The lowest BCUT2D eigenvalue weighted by atomic mass is 10.0. The van der Waals surface area contributed by atoms with Crippen LogP contribution in [0.2, 0.25) is 0 Å². The maximum atomic E-state index is 4.33. The molecule has 1 aromatic heterocycles. The summed E-state index contributed by atoms with van der Waals surface area (Å²) >= 11 is 2.22. The van der Waals surface area contributed by atoms with Gasteiger partial charge in [0.25, 0.3) is 0 Å². The number of aromatic nitrogens is 2. The smallest absolute Gasteiger partial charge is 0.222 e. The first-order valence-electron chi connectivity index (χ1n) is 7.30. The summed E-state index contributed by atoms with van der Waals surface area (Å²) in [6, 6.07) is 11.1. The fourth-order valence-electron chi connectivity index (χ4n) is 2.73. The Kier molecular flexibility index (Phi) is 5.03. The van der Waals surface area contributed by atoms with Gasteiger partial charge in [0.2, 0.25) is 5.95 Å². The van der Waals surface area contributed by atoms with E-state index >= 15 is 0 Å². The molecule has 1 saturated heterocycles. The topological polar surface area (TPSA) is 41.1 Å². The lowest BCUT2D eigenvalue weighted by Crippen LogP contribution is -2.41. The van der Waals surface area contributed by atoms with Gasteiger partial charge < -0.3 is 5.32 Å². The predicted molar refractivity (Wildman–Crippen MR) is 93.1 cm³/mol. The molecule has 21 heavy (non-hydrogen) atoms. The van der Waals surface area contributed by atoms with Crippen molar-refractivity contribution >= 4 is 28.5 Å². The van der Waals surface area contributed by atoms with Gasteiger partial charge in [0.05, 0.1) is 0 Å². The van der Waals surface area contributed by atoms with Gasteiger partial charge in [0.15, 0.2) is 0 Å². The van der Waals surface area contributed by atoms with Crippen molar-refractivity contribution in [3.63, 3.8) is 0 Å². The molecule has 5 heteroatoms. The monoisotopic (exact) mass is 394 g/mol. The van der Waals surface area contributed by atoms with Crippen LogP contribution in [0.3, 0.4) is 0 Å². The van der Waals surface area contributed by atoms with Crippen molar-refractivity contribution in [2.75, 3.05) is 18.4 Å². The summed E-state index contributed by atoms with van der Waals surface area (Å²) in [6.45, 7) is 3.23. The number of benzene rings is 1. The van der Waals surface area contributed by atoms with Crippen molar-refractivity contribution in [1.29, 1.82) is 0 Å². The van der Waals surface area contributed by atoms with Crippen LogP contribution in [-0.2, 0) is 6.54 Å².